The maximum atomic E-state index is 10.8. The molecule has 0 saturated heterocycles. The highest BCUT2D eigenvalue weighted by Crippen LogP contribution is 2.06. The van der Waals surface area contributed by atoms with Crippen LogP contribution in [0.15, 0.2) is 30.9 Å². The van der Waals surface area contributed by atoms with Crippen molar-refractivity contribution >= 4 is 5.97 Å². The second-order valence-electron chi connectivity index (χ2n) is 2.48. The summed E-state index contributed by atoms with van der Waals surface area (Å²) >= 11 is 0. The Morgan fingerprint density at radius 3 is 2.71 bits per heavy atom. The molecule has 0 atom stereocenters. The molecule has 14 heavy (non-hydrogen) atoms. The Morgan fingerprint density at radius 1 is 1.29 bits per heavy atom. The van der Waals surface area contributed by atoms with Crippen LogP contribution >= 0.6 is 0 Å². The van der Waals surface area contributed by atoms with Crippen LogP contribution in [0.4, 0.5) is 0 Å². The molecule has 0 aromatic carbocycles. The third kappa shape index (κ3) is 1.33. The minimum absolute atomic E-state index is 0.115. The van der Waals surface area contributed by atoms with Crippen molar-refractivity contribution in [3.05, 3.63) is 36.5 Å². The largest absolute Gasteiger partial charge is 0.476 e. The molecule has 0 saturated carbocycles. The normalized spacial score (nSPS) is 10.0. The van der Waals surface area contributed by atoms with E-state index < -0.39 is 5.97 Å². The summed E-state index contributed by atoms with van der Waals surface area (Å²) in [5.41, 5.74) is -0.115. The third-order valence-corrected chi connectivity index (χ3v) is 1.60. The number of aromatic carboxylic acids is 1. The molecule has 0 aliphatic rings. The van der Waals surface area contributed by atoms with Gasteiger partial charge in [0.2, 0.25) is 0 Å². The standard InChI is InChI=1S/C8H6N4O2/c13-8(14)6-7(10-4-3-9-6)12-5-1-2-11-12/h1-5H,(H,13,14). The summed E-state index contributed by atoms with van der Waals surface area (Å²) in [5.74, 6) is -0.909. The maximum absolute atomic E-state index is 10.8. The maximum Gasteiger partial charge on any atom is 0.358 e. The van der Waals surface area contributed by atoms with Crippen molar-refractivity contribution < 1.29 is 9.90 Å². The van der Waals surface area contributed by atoms with Crippen LogP contribution in [0.5, 0.6) is 0 Å². The van der Waals surface area contributed by atoms with Crippen LogP contribution in [0, 0.1) is 0 Å². The minimum Gasteiger partial charge on any atom is -0.476 e. The van der Waals surface area contributed by atoms with E-state index in [1.807, 2.05) is 0 Å². The van der Waals surface area contributed by atoms with Gasteiger partial charge in [0.15, 0.2) is 11.5 Å². The fourth-order valence-corrected chi connectivity index (χ4v) is 1.04. The van der Waals surface area contributed by atoms with Crippen molar-refractivity contribution in [2.24, 2.45) is 0 Å². The van der Waals surface area contributed by atoms with Crippen LogP contribution in [0.25, 0.3) is 5.82 Å². The lowest BCUT2D eigenvalue weighted by atomic mass is 10.4. The first-order chi connectivity index (χ1) is 6.79. The summed E-state index contributed by atoms with van der Waals surface area (Å²) in [6.45, 7) is 0. The monoisotopic (exact) mass is 190 g/mol. The number of nitrogens with zero attached hydrogens (tertiary/aromatic N) is 4. The highest BCUT2D eigenvalue weighted by atomic mass is 16.4. The SMILES string of the molecule is O=C(O)c1nccnc1-n1cccn1. The summed E-state index contributed by atoms with van der Waals surface area (Å²) in [6.07, 6.45) is 5.90. The summed E-state index contributed by atoms with van der Waals surface area (Å²) in [7, 11) is 0. The number of carboxylic acids is 1. The zero-order chi connectivity index (χ0) is 9.97. The Morgan fingerprint density at radius 2 is 2.07 bits per heavy atom. The second-order valence-corrected chi connectivity index (χ2v) is 2.48. The van der Waals surface area contributed by atoms with Gasteiger partial charge in [-0.15, -0.1) is 0 Å². The molecular formula is C8H6N4O2. The van der Waals surface area contributed by atoms with Gasteiger partial charge in [0.05, 0.1) is 0 Å². The third-order valence-electron chi connectivity index (χ3n) is 1.60. The van der Waals surface area contributed by atoms with Crippen molar-refractivity contribution in [3.8, 4) is 5.82 Å². The second kappa shape index (κ2) is 3.25. The van der Waals surface area contributed by atoms with E-state index in [1.165, 1.54) is 17.1 Å². The van der Waals surface area contributed by atoms with Gasteiger partial charge in [0.25, 0.3) is 0 Å². The molecule has 2 aromatic rings. The van der Waals surface area contributed by atoms with Crippen LogP contribution in [0.2, 0.25) is 0 Å². The van der Waals surface area contributed by atoms with Crippen LogP contribution in [-0.2, 0) is 0 Å². The molecule has 0 aliphatic carbocycles. The summed E-state index contributed by atoms with van der Waals surface area (Å²) < 4.78 is 1.36. The van der Waals surface area contributed by atoms with Crippen molar-refractivity contribution in [3.63, 3.8) is 0 Å². The van der Waals surface area contributed by atoms with Crippen LogP contribution in [-0.4, -0.2) is 30.8 Å². The Kier molecular flexibility index (Phi) is 1.94. The van der Waals surface area contributed by atoms with E-state index in [0.717, 1.165) is 0 Å². The summed E-state index contributed by atoms with van der Waals surface area (Å²) in [4.78, 5) is 18.4. The van der Waals surface area contributed by atoms with Crippen LogP contribution in [0.1, 0.15) is 10.5 Å². The minimum atomic E-state index is -1.12. The number of carbonyl (C=O) groups is 1. The average Bonchev–Trinajstić information content (AvgIpc) is 2.70. The Balaban J connectivity index is 2.58. The molecule has 2 heterocycles. The fraction of sp³-hybridized carbons (Fsp3) is 0. The van der Waals surface area contributed by atoms with Crippen LogP contribution in [0.3, 0.4) is 0 Å². The molecule has 0 radical (unpaired) electrons. The van der Waals surface area contributed by atoms with E-state index in [9.17, 15) is 4.79 Å². The van der Waals surface area contributed by atoms with Crippen molar-refractivity contribution in [1.29, 1.82) is 0 Å². The molecule has 6 nitrogen and oxygen atoms in total. The highest BCUT2D eigenvalue weighted by molar-refractivity contribution is 5.88. The zero-order valence-corrected chi connectivity index (χ0v) is 7.03. The molecule has 0 fully saturated rings. The van der Waals surface area contributed by atoms with Crippen LogP contribution < -0.4 is 0 Å². The molecule has 0 aliphatic heterocycles. The lowest BCUT2D eigenvalue weighted by Crippen LogP contribution is -2.10. The number of hydrogen-bond donors (Lipinski definition) is 1. The average molecular weight is 190 g/mol. The van der Waals surface area contributed by atoms with E-state index in [1.54, 1.807) is 18.5 Å². The first kappa shape index (κ1) is 8.36. The van der Waals surface area contributed by atoms with Gasteiger partial charge in [-0.2, -0.15) is 5.10 Å². The highest BCUT2D eigenvalue weighted by Gasteiger charge is 2.13. The number of rotatable bonds is 2. The van der Waals surface area contributed by atoms with Gasteiger partial charge in [-0.3, -0.25) is 0 Å². The van der Waals surface area contributed by atoms with Gasteiger partial charge in [-0.05, 0) is 6.07 Å². The lowest BCUT2D eigenvalue weighted by molar-refractivity contribution is 0.0690. The van der Waals surface area contributed by atoms with E-state index in [2.05, 4.69) is 15.1 Å². The zero-order valence-electron chi connectivity index (χ0n) is 7.03. The Labute approximate surface area is 78.9 Å². The molecule has 0 spiro atoms. The van der Waals surface area contributed by atoms with Crippen molar-refractivity contribution in [2.45, 2.75) is 0 Å². The lowest BCUT2D eigenvalue weighted by Gasteiger charge is -2.01. The van der Waals surface area contributed by atoms with Gasteiger partial charge in [0, 0.05) is 24.8 Å². The first-order valence-corrected chi connectivity index (χ1v) is 3.83. The quantitative estimate of drug-likeness (QED) is 0.739. The van der Waals surface area contributed by atoms with Gasteiger partial charge < -0.3 is 5.11 Å². The molecule has 2 rings (SSSR count). The molecule has 2 aromatic heterocycles. The van der Waals surface area contributed by atoms with Crippen molar-refractivity contribution in [2.75, 3.05) is 0 Å². The van der Waals surface area contributed by atoms with E-state index in [0.29, 0.717) is 0 Å². The Bertz CT molecular complexity index is 452. The van der Waals surface area contributed by atoms with E-state index in [-0.39, 0.29) is 11.5 Å². The van der Waals surface area contributed by atoms with E-state index >= 15 is 0 Å². The predicted octanol–water partition coefficient (Wildman–Crippen LogP) is 0.360. The smallest absolute Gasteiger partial charge is 0.358 e. The molecule has 70 valence electrons. The number of hydrogen-bond acceptors (Lipinski definition) is 4. The van der Waals surface area contributed by atoms with Gasteiger partial charge in [-0.1, -0.05) is 0 Å². The molecule has 0 amide bonds. The fourth-order valence-electron chi connectivity index (χ4n) is 1.04. The van der Waals surface area contributed by atoms with Gasteiger partial charge in [0.1, 0.15) is 0 Å². The van der Waals surface area contributed by atoms with Crippen molar-refractivity contribution in [1.82, 2.24) is 19.7 Å². The molecule has 0 unspecified atom stereocenters. The van der Waals surface area contributed by atoms with E-state index in [4.69, 9.17) is 5.11 Å². The summed E-state index contributed by atoms with van der Waals surface area (Å²) in [5, 5.41) is 12.7. The first-order valence-electron chi connectivity index (χ1n) is 3.83. The number of aromatic nitrogens is 4. The van der Waals surface area contributed by atoms with Gasteiger partial charge >= 0.3 is 5.97 Å². The predicted molar refractivity (Wildman–Crippen MR) is 46.1 cm³/mol. The summed E-state index contributed by atoms with van der Waals surface area (Å²) in [6, 6.07) is 1.68. The Hall–Kier alpha value is -2.24. The molecular weight excluding hydrogens is 184 g/mol. The molecule has 0 bridgehead atoms. The number of carboxylic acid groups (broad SMARTS) is 1. The molecule has 1 N–H and O–H groups in total. The van der Waals surface area contributed by atoms with Gasteiger partial charge in [-0.25, -0.2) is 19.4 Å². The molecule has 6 heteroatoms. The topological polar surface area (TPSA) is 80.9 Å².